The van der Waals surface area contributed by atoms with Crippen molar-refractivity contribution in [1.29, 1.82) is 0 Å². The molecule has 0 spiro atoms. The monoisotopic (exact) mass is 276 g/mol. The zero-order valence-corrected chi connectivity index (χ0v) is 10.9. The van der Waals surface area contributed by atoms with Crippen molar-refractivity contribution < 1.29 is 4.74 Å². The molecule has 1 unspecified atom stereocenters. The van der Waals surface area contributed by atoms with Crippen LogP contribution < -0.4 is 5.56 Å². The van der Waals surface area contributed by atoms with Crippen LogP contribution in [0, 0.1) is 0 Å². The second kappa shape index (κ2) is 4.14. The van der Waals surface area contributed by atoms with E-state index >= 15 is 0 Å². The van der Waals surface area contributed by atoms with Crippen LogP contribution in [0.4, 0.5) is 0 Å². The molecule has 1 atom stereocenters. The average Bonchev–Trinajstić information content (AvgIpc) is 3.04. The Balaban J connectivity index is 1.96. The predicted octanol–water partition coefficient (Wildman–Crippen LogP) is 1.69. The molecular formula is C12H12N4O2S. The van der Waals surface area contributed by atoms with E-state index in [-0.39, 0.29) is 11.6 Å². The topological polar surface area (TPSA) is 72.8 Å². The SMILES string of the molecule is O=c1c2nnc3ccsc3c2[nH]n1C1CCCOC1. The van der Waals surface area contributed by atoms with Gasteiger partial charge in [0.25, 0.3) is 5.56 Å². The summed E-state index contributed by atoms with van der Waals surface area (Å²) in [5, 5.41) is 13.3. The Morgan fingerprint density at radius 2 is 2.42 bits per heavy atom. The largest absolute Gasteiger partial charge is 0.379 e. The Morgan fingerprint density at radius 3 is 3.26 bits per heavy atom. The van der Waals surface area contributed by atoms with Crippen LogP contribution in [0.25, 0.3) is 21.3 Å². The van der Waals surface area contributed by atoms with E-state index in [4.69, 9.17) is 4.74 Å². The van der Waals surface area contributed by atoms with Gasteiger partial charge in [0, 0.05) is 6.61 Å². The molecule has 0 saturated carbocycles. The van der Waals surface area contributed by atoms with Crippen LogP contribution in [-0.2, 0) is 4.74 Å². The maximum atomic E-state index is 12.4. The first kappa shape index (κ1) is 11.1. The van der Waals surface area contributed by atoms with E-state index < -0.39 is 0 Å². The van der Waals surface area contributed by atoms with Crippen LogP contribution >= 0.6 is 11.3 Å². The van der Waals surface area contributed by atoms with Crippen LogP contribution in [0.15, 0.2) is 16.2 Å². The lowest BCUT2D eigenvalue weighted by molar-refractivity contribution is 0.0541. The number of aromatic amines is 1. The van der Waals surface area contributed by atoms with Crippen molar-refractivity contribution in [2.24, 2.45) is 0 Å². The van der Waals surface area contributed by atoms with Gasteiger partial charge in [-0.2, -0.15) is 0 Å². The minimum Gasteiger partial charge on any atom is -0.379 e. The summed E-state index contributed by atoms with van der Waals surface area (Å²) in [6, 6.07) is 1.98. The summed E-state index contributed by atoms with van der Waals surface area (Å²) >= 11 is 1.57. The molecule has 1 fully saturated rings. The Morgan fingerprint density at radius 1 is 1.47 bits per heavy atom. The molecule has 0 aliphatic carbocycles. The lowest BCUT2D eigenvalue weighted by Crippen LogP contribution is -2.29. The summed E-state index contributed by atoms with van der Waals surface area (Å²) in [5.41, 5.74) is 1.93. The van der Waals surface area contributed by atoms with Gasteiger partial charge in [-0.1, -0.05) is 0 Å². The minimum atomic E-state index is -0.103. The van der Waals surface area contributed by atoms with Crippen LogP contribution in [0.5, 0.6) is 0 Å². The molecule has 19 heavy (non-hydrogen) atoms. The number of fused-ring (bicyclic) bond motifs is 3. The fraction of sp³-hybridized carbons (Fsp3) is 0.417. The minimum absolute atomic E-state index is 0.0745. The zero-order valence-electron chi connectivity index (χ0n) is 10.1. The van der Waals surface area contributed by atoms with Gasteiger partial charge in [-0.3, -0.25) is 9.89 Å². The van der Waals surface area contributed by atoms with Gasteiger partial charge in [-0.25, -0.2) is 4.68 Å². The quantitative estimate of drug-likeness (QED) is 0.734. The Labute approximate surface area is 112 Å². The first-order chi connectivity index (χ1) is 9.34. The van der Waals surface area contributed by atoms with Gasteiger partial charge >= 0.3 is 0 Å². The van der Waals surface area contributed by atoms with Crippen LogP contribution in [0.1, 0.15) is 18.9 Å². The zero-order chi connectivity index (χ0) is 12.8. The summed E-state index contributed by atoms with van der Waals surface area (Å²) in [4.78, 5) is 12.4. The van der Waals surface area contributed by atoms with E-state index in [9.17, 15) is 4.79 Å². The Hall–Kier alpha value is -1.73. The number of ether oxygens (including phenoxy) is 1. The Bertz CT molecular complexity index is 797. The molecule has 1 N–H and O–H groups in total. The molecule has 4 rings (SSSR count). The number of H-pyrrole nitrogens is 1. The second-order valence-corrected chi connectivity index (χ2v) is 5.63. The Kier molecular flexibility index (Phi) is 2.42. The fourth-order valence-electron chi connectivity index (χ4n) is 2.55. The summed E-state index contributed by atoms with van der Waals surface area (Å²) in [5.74, 6) is 0. The number of nitrogens with zero attached hydrogens (tertiary/aromatic N) is 3. The van der Waals surface area contributed by atoms with Gasteiger partial charge in [0.05, 0.1) is 17.3 Å². The standard InChI is InChI=1S/C12H12N4O2S/c17-12-10-9(11-8(13-14-10)3-5-19-11)15-16(12)7-2-1-4-18-6-7/h3,5,7,15H,1-2,4,6H2. The molecule has 1 saturated heterocycles. The average molecular weight is 276 g/mol. The van der Waals surface area contributed by atoms with Crippen molar-refractivity contribution in [2.75, 3.05) is 13.2 Å². The third kappa shape index (κ3) is 1.62. The van der Waals surface area contributed by atoms with E-state index in [0.29, 0.717) is 12.1 Å². The third-order valence-corrected chi connectivity index (χ3v) is 4.44. The maximum Gasteiger partial charge on any atom is 0.295 e. The predicted molar refractivity (Wildman–Crippen MR) is 72.6 cm³/mol. The molecule has 1 aliphatic rings. The molecule has 1 aliphatic heterocycles. The molecular weight excluding hydrogens is 264 g/mol. The summed E-state index contributed by atoms with van der Waals surface area (Å²) in [7, 11) is 0. The fourth-order valence-corrected chi connectivity index (χ4v) is 3.38. The number of nitrogens with one attached hydrogen (secondary N) is 1. The van der Waals surface area contributed by atoms with Crippen molar-refractivity contribution in [1.82, 2.24) is 20.0 Å². The van der Waals surface area contributed by atoms with Crippen LogP contribution in [-0.4, -0.2) is 33.2 Å². The first-order valence-corrected chi connectivity index (χ1v) is 7.14. The molecule has 7 heteroatoms. The van der Waals surface area contributed by atoms with E-state index in [0.717, 1.165) is 35.2 Å². The van der Waals surface area contributed by atoms with E-state index in [1.54, 1.807) is 16.0 Å². The van der Waals surface area contributed by atoms with Gasteiger partial charge in [-0.15, -0.1) is 21.5 Å². The molecule has 0 aromatic carbocycles. The summed E-state index contributed by atoms with van der Waals surface area (Å²) in [6.07, 6.45) is 1.93. The number of hydrogen-bond acceptors (Lipinski definition) is 5. The summed E-state index contributed by atoms with van der Waals surface area (Å²) < 4.78 is 8.08. The lowest BCUT2D eigenvalue weighted by atomic mass is 10.1. The highest BCUT2D eigenvalue weighted by molar-refractivity contribution is 7.18. The van der Waals surface area contributed by atoms with E-state index in [1.165, 1.54) is 0 Å². The molecule has 6 nitrogen and oxygen atoms in total. The molecule has 0 bridgehead atoms. The van der Waals surface area contributed by atoms with Crippen molar-refractivity contribution in [2.45, 2.75) is 18.9 Å². The van der Waals surface area contributed by atoms with Crippen molar-refractivity contribution in [3.8, 4) is 0 Å². The highest BCUT2D eigenvalue weighted by Gasteiger charge is 2.21. The van der Waals surface area contributed by atoms with Crippen LogP contribution in [0.2, 0.25) is 0 Å². The number of aromatic nitrogens is 4. The van der Waals surface area contributed by atoms with Crippen molar-refractivity contribution in [3.63, 3.8) is 0 Å². The van der Waals surface area contributed by atoms with Crippen molar-refractivity contribution in [3.05, 3.63) is 21.8 Å². The third-order valence-electron chi connectivity index (χ3n) is 3.52. The molecule has 3 aromatic rings. The lowest BCUT2D eigenvalue weighted by Gasteiger charge is -2.22. The number of rotatable bonds is 1. The van der Waals surface area contributed by atoms with Crippen molar-refractivity contribution >= 4 is 32.6 Å². The van der Waals surface area contributed by atoms with E-state index in [1.807, 2.05) is 11.4 Å². The number of hydrogen-bond donors (Lipinski definition) is 1. The summed E-state index contributed by atoms with van der Waals surface area (Å²) in [6.45, 7) is 1.36. The van der Waals surface area contributed by atoms with Gasteiger partial charge in [0.2, 0.25) is 0 Å². The molecule has 3 aromatic heterocycles. The van der Waals surface area contributed by atoms with Gasteiger partial charge in [0.1, 0.15) is 11.0 Å². The molecule has 0 radical (unpaired) electrons. The van der Waals surface area contributed by atoms with Gasteiger partial charge < -0.3 is 4.74 Å². The smallest absolute Gasteiger partial charge is 0.295 e. The highest BCUT2D eigenvalue weighted by Crippen LogP contribution is 2.25. The molecule has 4 heterocycles. The van der Waals surface area contributed by atoms with E-state index in [2.05, 4.69) is 15.3 Å². The van der Waals surface area contributed by atoms with Gasteiger partial charge in [0.15, 0.2) is 5.52 Å². The van der Waals surface area contributed by atoms with Gasteiger partial charge in [-0.05, 0) is 24.3 Å². The normalized spacial score (nSPS) is 20.3. The van der Waals surface area contributed by atoms with Crippen LogP contribution in [0.3, 0.4) is 0 Å². The maximum absolute atomic E-state index is 12.4. The first-order valence-electron chi connectivity index (χ1n) is 6.26. The number of thiophene rings is 1. The molecule has 0 amide bonds. The second-order valence-electron chi connectivity index (χ2n) is 4.72. The molecule has 98 valence electrons. The highest BCUT2D eigenvalue weighted by atomic mass is 32.1.